The topological polar surface area (TPSA) is 119 Å². The summed E-state index contributed by atoms with van der Waals surface area (Å²) in [6, 6.07) is 8.93. The van der Waals surface area contributed by atoms with Crippen molar-refractivity contribution >= 4 is 51.8 Å². The number of nitrogens with zero attached hydrogens (tertiary/aromatic N) is 4. The van der Waals surface area contributed by atoms with Crippen molar-refractivity contribution in [3.8, 4) is 0 Å². The molecule has 1 N–H and O–H groups in total. The van der Waals surface area contributed by atoms with Crippen molar-refractivity contribution in [2.45, 2.75) is 88.1 Å². The maximum absolute atomic E-state index is 12.8. The maximum atomic E-state index is 12.8. The molecule has 44 heavy (non-hydrogen) atoms. The Bertz CT molecular complexity index is 1660. The molecule has 0 spiro atoms. The minimum atomic E-state index is -2.62. The Morgan fingerprint density at radius 3 is 2.75 bits per heavy atom. The van der Waals surface area contributed by atoms with Gasteiger partial charge in [-0.1, -0.05) is 41.7 Å². The number of fused-ring (bicyclic) bond motifs is 3. The average molecular weight is 658 g/mol. The molecule has 5 heterocycles. The lowest BCUT2D eigenvalue weighted by Gasteiger charge is -2.37. The molecule has 14 heteroatoms. The lowest BCUT2D eigenvalue weighted by molar-refractivity contribution is -0.198. The van der Waals surface area contributed by atoms with Crippen LogP contribution in [-0.4, -0.2) is 67.0 Å². The fourth-order valence-electron chi connectivity index (χ4n) is 6.52. The molecule has 0 radical (unpaired) electrons. The number of aromatic nitrogens is 4. The quantitative estimate of drug-likeness (QED) is 0.238. The van der Waals surface area contributed by atoms with Gasteiger partial charge in [-0.25, -0.2) is 15.0 Å². The fourth-order valence-corrected chi connectivity index (χ4v) is 13.3. The number of ether oxygens (including phenoxy) is 3. The molecule has 2 aromatic heterocycles. The SMILES string of the molecule is C=C(C)[C@H]1CC[C@@]2(C)OP(=S)(OC[C@H]3O[C@@H](n4cnc5c(NC(=O)c6ccccc6)ncnc54)[C@@H]4OC(C)(C)O[C@@H]43)SC2C1. The summed E-state index contributed by atoms with van der Waals surface area (Å²) < 4.78 is 34.0. The molecule has 3 saturated heterocycles. The van der Waals surface area contributed by atoms with Gasteiger partial charge in [0.25, 0.3) is 5.91 Å². The number of allylic oxidation sites excluding steroid dienone is 1. The lowest BCUT2D eigenvalue weighted by atomic mass is 9.77. The number of carbonyl (C=O) groups is 1. The van der Waals surface area contributed by atoms with Gasteiger partial charge in [0.2, 0.25) is 5.69 Å². The molecule has 234 valence electrons. The van der Waals surface area contributed by atoms with Crippen LogP contribution in [0.25, 0.3) is 11.2 Å². The Labute approximate surface area is 265 Å². The molecule has 1 aromatic carbocycles. The molecular weight excluding hydrogens is 621 g/mol. The molecule has 1 saturated carbocycles. The van der Waals surface area contributed by atoms with E-state index < -0.39 is 36.0 Å². The Hall–Kier alpha value is -2.22. The maximum Gasteiger partial charge on any atom is 0.256 e. The zero-order valence-electron chi connectivity index (χ0n) is 25.0. The number of carbonyl (C=O) groups excluding carboxylic acids is 1. The van der Waals surface area contributed by atoms with Crippen LogP contribution < -0.4 is 5.32 Å². The first-order valence-corrected chi connectivity index (χ1v) is 18.9. The van der Waals surface area contributed by atoms with Gasteiger partial charge >= 0.3 is 0 Å². The highest BCUT2D eigenvalue weighted by Crippen LogP contribution is 2.75. The van der Waals surface area contributed by atoms with E-state index in [0.29, 0.717) is 28.5 Å². The minimum absolute atomic E-state index is 0.202. The molecule has 1 amide bonds. The van der Waals surface area contributed by atoms with E-state index in [0.717, 1.165) is 19.3 Å². The van der Waals surface area contributed by atoms with Gasteiger partial charge in [0.1, 0.15) is 24.6 Å². The van der Waals surface area contributed by atoms with Crippen molar-refractivity contribution in [1.82, 2.24) is 19.5 Å². The minimum Gasteiger partial charge on any atom is -0.347 e. The Kier molecular flexibility index (Phi) is 7.77. The van der Waals surface area contributed by atoms with Crippen LogP contribution in [-0.2, 0) is 35.1 Å². The molecule has 11 nitrogen and oxygen atoms in total. The highest BCUT2D eigenvalue weighted by atomic mass is 32.9. The third-order valence-electron chi connectivity index (χ3n) is 8.87. The van der Waals surface area contributed by atoms with Crippen LogP contribution in [0, 0.1) is 5.92 Å². The number of anilines is 1. The molecule has 7 rings (SSSR count). The summed E-state index contributed by atoms with van der Waals surface area (Å²) in [5, 5.41) is 3.12. The second-order valence-corrected chi connectivity index (χ2v) is 18.9. The van der Waals surface area contributed by atoms with E-state index in [2.05, 4.69) is 40.7 Å². The summed E-state index contributed by atoms with van der Waals surface area (Å²) in [4.78, 5) is 26.1. The molecule has 8 atom stereocenters. The predicted octanol–water partition coefficient (Wildman–Crippen LogP) is 6.00. The van der Waals surface area contributed by atoms with Crippen molar-refractivity contribution in [2.75, 3.05) is 11.9 Å². The van der Waals surface area contributed by atoms with Crippen molar-refractivity contribution < 1.29 is 28.1 Å². The van der Waals surface area contributed by atoms with Gasteiger partial charge < -0.3 is 28.6 Å². The van der Waals surface area contributed by atoms with E-state index in [1.54, 1.807) is 46.5 Å². The molecule has 2 unspecified atom stereocenters. The first-order chi connectivity index (χ1) is 20.9. The second-order valence-electron chi connectivity index (χ2n) is 12.6. The van der Waals surface area contributed by atoms with Crippen LogP contribution in [0.3, 0.4) is 0 Å². The number of hydrogen-bond donors (Lipinski definition) is 1. The Morgan fingerprint density at radius 2 is 1.98 bits per heavy atom. The van der Waals surface area contributed by atoms with Gasteiger partial charge in [0.15, 0.2) is 29.0 Å². The number of imidazole rings is 1. The van der Waals surface area contributed by atoms with Gasteiger partial charge in [-0.2, -0.15) is 0 Å². The van der Waals surface area contributed by atoms with Gasteiger partial charge in [-0.3, -0.25) is 9.36 Å². The summed E-state index contributed by atoms with van der Waals surface area (Å²) >= 11 is 7.70. The fraction of sp³-hybridized carbons (Fsp3) is 0.533. The molecule has 0 bridgehead atoms. The molecule has 3 aromatic rings. The van der Waals surface area contributed by atoms with E-state index in [1.165, 1.54) is 11.9 Å². The molecular formula is C30H36N5O6PS2. The van der Waals surface area contributed by atoms with E-state index in [4.69, 9.17) is 35.1 Å². The number of benzene rings is 1. The smallest absolute Gasteiger partial charge is 0.256 e. The average Bonchev–Trinajstić information content (AvgIpc) is 3.70. The normalized spacial score (nSPS) is 35.8. The zero-order valence-corrected chi connectivity index (χ0v) is 27.6. The number of hydrogen-bond acceptors (Lipinski definition) is 11. The first-order valence-electron chi connectivity index (χ1n) is 14.8. The highest BCUT2D eigenvalue weighted by Gasteiger charge is 2.58. The van der Waals surface area contributed by atoms with Gasteiger partial charge in [-0.15, -0.1) is 0 Å². The van der Waals surface area contributed by atoms with Crippen LogP contribution in [0.1, 0.15) is 63.5 Å². The van der Waals surface area contributed by atoms with Crippen LogP contribution in [0.15, 0.2) is 55.1 Å². The predicted molar refractivity (Wildman–Crippen MR) is 171 cm³/mol. The van der Waals surface area contributed by atoms with Crippen LogP contribution in [0.4, 0.5) is 5.82 Å². The monoisotopic (exact) mass is 657 g/mol. The summed E-state index contributed by atoms with van der Waals surface area (Å²) in [7, 11) is 0. The number of rotatable bonds is 7. The molecule has 4 aliphatic rings. The molecule has 4 fully saturated rings. The van der Waals surface area contributed by atoms with Crippen molar-refractivity contribution in [3.05, 3.63) is 60.7 Å². The van der Waals surface area contributed by atoms with Crippen LogP contribution in [0.2, 0.25) is 0 Å². The van der Waals surface area contributed by atoms with Gasteiger partial charge in [-0.05, 0) is 76.8 Å². The van der Waals surface area contributed by atoms with Crippen molar-refractivity contribution in [3.63, 3.8) is 0 Å². The Balaban J connectivity index is 1.10. The molecule has 3 aliphatic heterocycles. The summed E-state index contributed by atoms with van der Waals surface area (Å²) in [6.45, 7) is 12.4. The van der Waals surface area contributed by atoms with Gasteiger partial charge in [0.05, 0.1) is 18.5 Å². The van der Waals surface area contributed by atoms with Gasteiger partial charge in [0, 0.05) is 10.8 Å². The molecule has 1 aliphatic carbocycles. The zero-order chi connectivity index (χ0) is 30.9. The van der Waals surface area contributed by atoms with Crippen LogP contribution in [0.5, 0.6) is 0 Å². The summed E-state index contributed by atoms with van der Waals surface area (Å²) in [5.41, 5.74) is -0.262. The third-order valence-corrected chi connectivity index (χ3v) is 14.6. The standard InChI is InChI=1S/C30H36N5O6PS2/c1-17(2)19-11-12-30(5)21(13-19)44-42(43,41-30)37-14-20-23-24(40-29(3,4)39-23)28(38-20)35-16-33-22-25(31-15-32-26(22)35)34-27(36)18-9-7-6-8-10-18/h6-10,15-16,19-21,23-24,28H,1,11-14H2,2-5H3,(H,31,32,34,36)/t19-,20+,21?,23+,24+,28+,30+,42?/m0/s1. The van der Waals surface area contributed by atoms with Crippen LogP contribution >= 0.6 is 17.1 Å². The summed E-state index contributed by atoms with van der Waals surface area (Å²) in [5.74, 6) is -0.327. The largest absolute Gasteiger partial charge is 0.347 e. The number of amides is 1. The second kappa shape index (κ2) is 11.2. The summed E-state index contributed by atoms with van der Waals surface area (Å²) in [6.07, 6.45) is 4.06. The van der Waals surface area contributed by atoms with E-state index in [9.17, 15) is 4.79 Å². The van der Waals surface area contributed by atoms with E-state index in [-0.39, 0.29) is 23.4 Å². The van der Waals surface area contributed by atoms with E-state index in [1.807, 2.05) is 19.9 Å². The highest BCUT2D eigenvalue weighted by molar-refractivity contribution is 8.68. The van der Waals surface area contributed by atoms with Crippen molar-refractivity contribution in [2.24, 2.45) is 5.92 Å². The first kappa shape index (κ1) is 30.4. The Morgan fingerprint density at radius 1 is 1.20 bits per heavy atom. The van der Waals surface area contributed by atoms with E-state index >= 15 is 0 Å². The third kappa shape index (κ3) is 5.55. The number of nitrogens with one attached hydrogen (secondary N) is 1. The lowest BCUT2D eigenvalue weighted by Crippen LogP contribution is -2.40. The van der Waals surface area contributed by atoms with Crippen molar-refractivity contribution in [1.29, 1.82) is 0 Å².